The van der Waals surface area contributed by atoms with Crippen molar-refractivity contribution in [3.05, 3.63) is 51.2 Å². The molecular weight excluding hydrogens is 364 g/mol. The molecule has 4 heteroatoms. The summed E-state index contributed by atoms with van der Waals surface area (Å²) in [7, 11) is 2.20. The maximum atomic E-state index is 11.1. The first-order valence-corrected chi connectivity index (χ1v) is 11.2. The van der Waals surface area contributed by atoms with E-state index >= 15 is 0 Å². The van der Waals surface area contributed by atoms with Crippen LogP contribution >= 0.6 is 11.3 Å². The Morgan fingerprint density at radius 2 is 1.46 bits per heavy atom. The van der Waals surface area contributed by atoms with Crippen LogP contribution < -0.4 is 0 Å². The van der Waals surface area contributed by atoms with Crippen molar-refractivity contribution in [1.82, 2.24) is 9.80 Å². The van der Waals surface area contributed by atoms with Gasteiger partial charge < -0.3 is 10.0 Å². The molecule has 0 saturated carbocycles. The predicted octanol–water partition coefficient (Wildman–Crippen LogP) is 5.39. The average Bonchev–Trinajstić information content (AvgIpc) is 3.10. The first kappa shape index (κ1) is 21.4. The van der Waals surface area contributed by atoms with E-state index in [0.29, 0.717) is 5.75 Å². The summed E-state index contributed by atoms with van der Waals surface area (Å²) >= 11 is 1.83. The maximum Gasteiger partial charge on any atom is 0.123 e. The number of benzene rings is 1. The van der Waals surface area contributed by atoms with Gasteiger partial charge >= 0.3 is 0 Å². The van der Waals surface area contributed by atoms with Crippen LogP contribution in [0.25, 0.3) is 0 Å². The molecule has 1 fully saturated rings. The molecule has 1 aromatic heterocycles. The highest BCUT2D eigenvalue weighted by Gasteiger charge is 2.31. The molecule has 154 valence electrons. The lowest BCUT2D eigenvalue weighted by Gasteiger charge is -2.39. The van der Waals surface area contributed by atoms with Gasteiger partial charge in [-0.3, -0.25) is 4.90 Å². The van der Waals surface area contributed by atoms with E-state index in [9.17, 15) is 5.11 Å². The second kappa shape index (κ2) is 7.81. The lowest BCUT2D eigenvalue weighted by molar-refractivity contribution is 0.128. The Bertz CT molecular complexity index is 756. The van der Waals surface area contributed by atoms with E-state index in [4.69, 9.17) is 0 Å². The molecule has 1 unspecified atom stereocenters. The van der Waals surface area contributed by atoms with E-state index in [1.807, 2.05) is 11.3 Å². The third-order valence-electron chi connectivity index (χ3n) is 5.78. The molecule has 1 saturated heterocycles. The van der Waals surface area contributed by atoms with Gasteiger partial charge in [0.05, 0.1) is 6.04 Å². The molecule has 2 heterocycles. The van der Waals surface area contributed by atoms with Crippen LogP contribution in [0.2, 0.25) is 0 Å². The quantitative estimate of drug-likeness (QED) is 0.749. The van der Waals surface area contributed by atoms with Gasteiger partial charge in [0.15, 0.2) is 0 Å². The summed E-state index contributed by atoms with van der Waals surface area (Å²) < 4.78 is 0. The Balaban J connectivity index is 2.17. The van der Waals surface area contributed by atoms with Gasteiger partial charge in [-0.15, -0.1) is 11.3 Å². The molecule has 2 aromatic rings. The highest BCUT2D eigenvalue weighted by atomic mass is 32.1. The lowest BCUT2D eigenvalue weighted by atomic mass is 9.77. The van der Waals surface area contributed by atoms with Crippen molar-refractivity contribution in [1.29, 1.82) is 0 Å². The molecule has 0 radical (unpaired) electrons. The zero-order valence-electron chi connectivity index (χ0n) is 18.5. The minimum Gasteiger partial charge on any atom is -0.507 e. The molecule has 1 aliphatic rings. The van der Waals surface area contributed by atoms with Gasteiger partial charge in [0, 0.05) is 31.1 Å². The minimum absolute atomic E-state index is 0.109. The molecule has 0 spiro atoms. The molecule has 28 heavy (non-hydrogen) atoms. The number of phenolic OH excluding ortho intramolecular Hbond substituents is 1. The maximum absolute atomic E-state index is 11.1. The van der Waals surface area contributed by atoms with Gasteiger partial charge in [0.25, 0.3) is 0 Å². The smallest absolute Gasteiger partial charge is 0.123 e. The number of aromatic hydroxyl groups is 1. The fraction of sp³-hybridized carbons (Fsp3) is 0.583. The molecule has 0 bridgehead atoms. The van der Waals surface area contributed by atoms with Crippen LogP contribution in [0, 0.1) is 0 Å². The lowest BCUT2D eigenvalue weighted by Crippen LogP contribution is -2.46. The molecule has 1 aromatic carbocycles. The van der Waals surface area contributed by atoms with Crippen molar-refractivity contribution in [2.75, 3.05) is 33.2 Å². The van der Waals surface area contributed by atoms with Crippen molar-refractivity contribution in [3.8, 4) is 5.75 Å². The van der Waals surface area contributed by atoms with E-state index in [0.717, 1.165) is 37.3 Å². The number of piperazine rings is 1. The zero-order chi connectivity index (χ0) is 20.7. The number of thiophene rings is 1. The first-order chi connectivity index (χ1) is 13.0. The van der Waals surface area contributed by atoms with Crippen molar-refractivity contribution >= 4 is 11.3 Å². The van der Waals surface area contributed by atoms with E-state index in [1.165, 1.54) is 10.4 Å². The first-order valence-electron chi connectivity index (χ1n) is 10.3. The standard InChI is InChI=1S/C24H36N2OS/c1-23(2,3)18-15-17(16-19(22(18)27)24(4,5)6)21(20-9-8-14-28-20)26-12-10-25(7)11-13-26/h8-9,14-16,21,27H,10-13H2,1-7H3. The Morgan fingerprint density at radius 3 is 1.89 bits per heavy atom. The third kappa shape index (κ3) is 4.45. The number of rotatable bonds is 3. The van der Waals surface area contributed by atoms with Crippen molar-refractivity contribution in [2.24, 2.45) is 0 Å². The second-order valence-corrected chi connectivity index (χ2v) is 11.2. The number of hydrogen-bond donors (Lipinski definition) is 1. The highest BCUT2D eigenvalue weighted by Crippen LogP contribution is 2.43. The van der Waals surface area contributed by atoms with Crippen molar-refractivity contribution in [3.63, 3.8) is 0 Å². The molecule has 1 atom stereocenters. The number of likely N-dealkylation sites (N-methyl/N-ethyl adjacent to an activating group) is 1. The predicted molar refractivity (Wildman–Crippen MR) is 121 cm³/mol. The average molecular weight is 401 g/mol. The Kier molecular flexibility index (Phi) is 5.96. The Hall–Kier alpha value is -1.36. The molecule has 3 rings (SSSR count). The van der Waals surface area contributed by atoms with Crippen molar-refractivity contribution in [2.45, 2.75) is 58.4 Å². The molecule has 0 aliphatic carbocycles. The summed E-state index contributed by atoms with van der Waals surface area (Å²) in [5, 5.41) is 13.3. The molecule has 1 aliphatic heterocycles. The zero-order valence-corrected chi connectivity index (χ0v) is 19.4. The van der Waals surface area contributed by atoms with Crippen LogP contribution in [-0.4, -0.2) is 48.1 Å². The van der Waals surface area contributed by atoms with Crippen LogP contribution in [0.3, 0.4) is 0 Å². The highest BCUT2D eigenvalue weighted by molar-refractivity contribution is 7.10. The van der Waals surface area contributed by atoms with Crippen molar-refractivity contribution < 1.29 is 5.11 Å². The van der Waals surface area contributed by atoms with Crippen LogP contribution in [0.1, 0.15) is 69.2 Å². The van der Waals surface area contributed by atoms with E-state index < -0.39 is 0 Å². The monoisotopic (exact) mass is 400 g/mol. The van der Waals surface area contributed by atoms with Crippen LogP contribution in [0.15, 0.2) is 29.6 Å². The summed E-state index contributed by atoms with van der Waals surface area (Å²) in [6.45, 7) is 17.5. The summed E-state index contributed by atoms with van der Waals surface area (Å²) in [5.74, 6) is 0.465. The largest absolute Gasteiger partial charge is 0.507 e. The summed E-state index contributed by atoms with van der Waals surface area (Å²) in [6, 6.07) is 9.17. The van der Waals surface area contributed by atoms with Crippen LogP contribution in [-0.2, 0) is 10.8 Å². The normalized spacial score (nSPS) is 18.4. The topological polar surface area (TPSA) is 26.7 Å². The fourth-order valence-electron chi connectivity index (χ4n) is 4.04. The van der Waals surface area contributed by atoms with Gasteiger partial charge in [-0.25, -0.2) is 0 Å². The summed E-state index contributed by atoms with van der Waals surface area (Å²) in [5.41, 5.74) is 3.18. The van der Waals surface area contributed by atoms with E-state index in [1.54, 1.807) is 0 Å². The third-order valence-corrected chi connectivity index (χ3v) is 6.70. The van der Waals surface area contributed by atoms with E-state index in [2.05, 4.69) is 88.0 Å². The number of nitrogens with zero attached hydrogens (tertiary/aromatic N) is 2. The summed E-state index contributed by atoms with van der Waals surface area (Å²) in [6.07, 6.45) is 0. The van der Waals surface area contributed by atoms with Crippen LogP contribution in [0.4, 0.5) is 0 Å². The molecule has 0 amide bonds. The Labute approximate surface area is 175 Å². The minimum atomic E-state index is -0.109. The van der Waals surface area contributed by atoms with Gasteiger partial charge in [-0.1, -0.05) is 47.6 Å². The van der Waals surface area contributed by atoms with E-state index in [-0.39, 0.29) is 16.9 Å². The Morgan fingerprint density at radius 1 is 0.929 bits per heavy atom. The van der Waals surface area contributed by atoms with Gasteiger partial charge in [0.1, 0.15) is 5.75 Å². The number of hydrogen-bond acceptors (Lipinski definition) is 4. The molecule has 1 N–H and O–H groups in total. The van der Waals surface area contributed by atoms with Gasteiger partial charge in [0.2, 0.25) is 0 Å². The molecule has 3 nitrogen and oxygen atoms in total. The van der Waals surface area contributed by atoms with Gasteiger partial charge in [-0.2, -0.15) is 0 Å². The van der Waals surface area contributed by atoms with Gasteiger partial charge in [-0.05, 0) is 58.1 Å². The fourth-order valence-corrected chi connectivity index (χ4v) is 4.93. The molecular formula is C24H36N2OS. The number of phenols is 1. The second-order valence-electron chi connectivity index (χ2n) is 10.2. The summed E-state index contributed by atoms with van der Waals surface area (Å²) in [4.78, 5) is 6.40. The van der Waals surface area contributed by atoms with Crippen LogP contribution in [0.5, 0.6) is 5.75 Å². The SMILES string of the molecule is CN1CCN(C(c2cc(C(C)(C)C)c(O)c(C(C)(C)C)c2)c2cccs2)CC1.